The molecule has 0 aromatic heterocycles. The van der Waals surface area contributed by atoms with E-state index in [1.54, 1.807) is 3.59 Å². The van der Waals surface area contributed by atoms with Crippen LogP contribution in [0.25, 0.3) is 0 Å². The topological polar surface area (TPSA) is 0 Å². The zero-order chi connectivity index (χ0) is 3.70. The summed E-state index contributed by atoms with van der Waals surface area (Å²) in [6, 6.07) is 0. The van der Waals surface area contributed by atoms with E-state index in [2.05, 4.69) is 6.08 Å². The molecule has 0 saturated heterocycles. The molecule has 1 aliphatic rings. The van der Waals surface area contributed by atoms with Crippen molar-refractivity contribution in [2.45, 2.75) is 12.8 Å². The molecule has 1 aliphatic carbocycles. The summed E-state index contributed by atoms with van der Waals surface area (Å²) in [5, 5.41) is 0. The predicted molar refractivity (Wildman–Crippen MR) is 27.3 cm³/mol. The van der Waals surface area contributed by atoms with E-state index in [0.717, 1.165) is 22.5 Å². The fraction of sp³-hybridized carbons (Fsp3) is 0.500. The molecule has 0 radical (unpaired) electrons. The van der Waals surface area contributed by atoms with E-state index in [-0.39, 0.29) is 0 Å². The predicted octanol–water partition coefficient (Wildman–Crippen LogP) is 0.0295. The van der Waals surface area contributed by atoms with Gasteiger partial charge in [0, 0.05) is 0 Å². The molecule has 0 spiro atoms. The Balaban J connectivity index is 2.51. The minimum atomic E-state index is 0.881. The van der Waals surface area contributed by atoms with Gasteiger partial charge < -0.3 is 0 Å². The van der Waals surface area contributed by atoms with Crippen molar-refractivity contribution < 1.29 is 0 Å². The van der Waals surface area contributed by atoms with E-state index in [1.165, 1.54) is 12.8 Å². The van der Waals surface area contributed by atoms with Crippen LogP contribution in [-0.4, -0.2) is 22.5 Å². The zero-order valence-electron chi connectivity index (χ0n) is 3.49. The van der Waals surface area contributed by atoms with Crippen LogP contribution in [0.3, 0.4) is 0 Å². The summed E-state index contributed by atoms with van der Waals surface area (Å²) < 4.78 is 1.77. The van der Waals surface area contributed by atoms with E-state index in [1.807, 2.05) is 0 Å². The van der Waals surface area contributed by atoms with Gasteiger partial charge in [0.15, 0.2) is 0 Å². The molecular weight excluding hydrogens is 167 g/mol. The van der Waals surface area contributed by atoms with Crippen molar-refractivity contribution in [3.05, 3.63) is 9.67 Å². The summed E-state index contributed by atoms with van der Waals surface area (Å²) >= 11 is 0.881. The van der Waals surface area contributed by atoms with E-state index in [0.29, 0.717) is 0 Å². The molecule has 0 aliphatic heterocycles. The second-order valence-corrected chi connectivity index (χ2v) is 5.26. The Hall–Kier alpha value is 0.539. The van der Waals surface area contributed by atoms with Gasteiger partial charge in [-0.1, -0.05) is 0 Å². The maximum atomic E-state index is 2.36. The number of hydrogen-bond acceptors (Lipinski definition) is 0. The standard InChI is InChI=1S/C4H5.Sn.3H/c1-2-4-3-1;;;;/h1H,2,4H2;;;;. The molecule has 0 N–H and O–H groups in total. The van der Waals surface area contributed by atoms with E-state index in [4.69, 9.17) is 0 Å². The van der Waals surface area contributed by atoms with Crippen LogP contribution in [0, 0.1) is 0 Å². The molecule has 0 unspecified atom stereocenters. The Morgan fingerprint density at radius 2 is 2.20 bits per heavy atom. The molecule has 0 aromatic carbocycles. The fourth-order valence-corrected chi connectivity index (χ4v) is 2.08. The van der Waals surface area contributed by atoms with Crippen LogP contribution in [0.5, 0.6) is 0 Å². The van der Waals surface area contributed by atoms with Gasteiger partial charge in [0.2, 0.25) is 0 Å². The Bertz CT molecular complexity index is 64.0. The van der Waals surface area contributed by atoms with Crippen LogP contribution in [0.1, 0.15) is 12.8 Å². The van der Waals surface area contributed by atoms with Crippen molar-refractivity contribution in [3.8, 4) is 0 Å². The summed E-state index contributed by atoms with van der Waals surface area (Å²) in [6.07, 6.45) is 5.18. The first-order valence-electron chi connectivity index (χ1n) is 2.05. The molecule has 1 heteroatoms. The number of rotatable bonds is 0. The third kappa shape index (κ3) is 0.684. The van der Waals surface area contributed by atoms with E-state index < -0.39 is 0 Å². The van der Waals surface area contributed by atoms with Crippen molar-refractivity contribution in [1.82, 2.24) is 0 Å². The molecule has 0 amide bonds. The zero-order valence-corrected chi connectivity index (χ0v) is 9.20. The van der Waals surface area contributed by atoms with E-state index >= 15 is 0 Å². The van der Waals surface area contributed by atoms with Gasteiger partial charge in [0.25, 0.3) is 0 Å². The molecule has 0 saturated carbocycles. The second-order valence-electron chi connectivity index (χ2n) is 1.59. The van der Waals surface area contributed by atoms with Gasteiger partial charge in [-0.15, -0.1) is 0 Å². The van der Waals surface area contributed by atoms with Gasteiger partial charge in [0.1, 0.15) is 0 Å². The molecule has 0 heterocycles. The normalized spacial score (nSPS) is 21.2. The fourth-order valence-electron chi connectivity index (χ4n) is 0.433. The molecule has 28 valence electrons. The van der Waals surface area contributed by atoms with Crippen LogP contribution in [0.15, 0.2) is 9.67 Å². The molecule has 1 rings (SSSR count). The van der Waals surface area contributed by atoms with Gasteiger partial charge in [-0.05, 0) is 0 Å². The van der Waals surface area contributed by atoms with Gasteiger partial charge in [-0.3, -0.25) is 0 Å². The molecule has 0 bridgehead atoms. The van der Waals surface area contributed by atoms with E-state index in [9.17, 15) is 0 Å². The Morgan fingerprint density at radius 3 is 2.20 bits per heavy atom. The third-order valence-electron chi connectivity index (χ3n) is 1.03. The SMILES string of the molecule is [SnH3][C]1=CCC1. The van der Waals surface area contributed by atoms with Crippen molar-refractivity contribution in [3.63, 3.8) is 0 Å². The molecule has 0 fully saturated rings. The first-order valence-corrected chi connectivity index (χ1v) is 4.90. The second kappa shape index (κ2) is 1.33. The Labute approximate surface area is 45.3 Å². The Morgan fingerprint density at radius 1 is 1.80 bits per heavy atom. The molecule has 5 heavy (non-hydrogen) atoms. The third-order valence-corrected chi connectivity index (χ3v) is 3.62. The molecular formula is C4H8Sn. The average molecular weight is 175 g/mol. The van der Waals surface area contributed by atoms with Crippen LogP contribution in [-0.2, 0) is 0 Å². The summed E-state index contributed by atoms with van der Waals surface area (Å²) in [4.78, 5) is 0. The van der Waals surface area contributed by atoms with Crippen LogP contribution >= 0.6 is 0 Å². The first-order chi connectivity index (χ1) is 2.39. The van der Waals surface area contributed by atoms with Crippen LogP contribution < -0.4 is 0 Å². The van der Waals surface area contributed by atoms with Gasteiger partial charge in [-0.25, -0.2) is 0 Å². The van der Waals surface area contributed by atoms with Crippen molar-refractivity contribution in [2.75, 3.05) is 0 Å². The van der Waals surface area contributed by atoms with Crippen molar-refractivity contribution >= 4 is 22.5 Å². The van der Waals surface area contributed by atoms with Gasteiger partial charge in [0.05, 0.1) is 0 Å². The maximum absolute atomic E-state index is 2.36. The van der Waals surface area contributed by atoms with Gasteiger partial charge >= 0.3 is 45.0 Å². The van der Waals surface area contributed by atoms with Crippen molar-refractivity contribution in [1.29, 1.82) is 0 Å². The van der Waals surface area contributed by atoms with Crippen LogP contribution in [0.4, 0.5) is 0 Å². The first kappa shape index (κ1) is 3.72. The molecule has 0 nitrogen and oxygen atoms in total. The van der Waals surface area contributed by atoms with Crippen LogP contribution in [0.2, 0.25) is 0 Å². The number of hydrogen-bond donors (Lipinski definition) is 0. The molecule has 0 aromatic rings. The summed E-state index contributed by atoms with van der Waals surface area (Å²) in [6.45, 7) is 0. The monoisotopic (exact) mass is 176 g/mol. The summed E-state index contributed by atoms with van der Waals surface area (Å²) in [5.74, 6) is 0. The van der Waals surface area contributed by atoms with Crippen molar-refractivity contribution in [2.24, 2.45) is 0 Å². The summed E-state index contributed by atoms with van der Waals surface area (Å²) in [5.41, 5.74) is 0. The quantitative estimate of drug-likeness (QED) is 0.455. The average Bonchev–Trinajstić information content (AvgIpc) is 1.30. The van der Waals surface area contributed by atoms with Gasteiger partial charge in [-0.2, -0.15) is 0 Å². The summed E-state index contributed by atoms with van der Waals surface area (Å²) in [7, 11) is 0. The Kier molecular flexibility index (Phi) is 0.989. The molecule has 0 atom stereocenters. The minimum absolute atomic E-state index is 0.881. The number of allylic oxidation sites excluding steroid dienone is 2.